The number of hydrogen-bond acceptors (Lipinski definition) is 2. The van der Waals surface area contributed by atoms with Crippen molar-refractivity contribution in [1.29, 1.82) is 0 Å². The van der Waals surface area contributed by atoms with Gasteiger partial charge in [-0.15, -0.1) is 0 Å². The number of hydrogen-bond donors (Lipinski definition) is 1. The van der Waals surface area contributed by atoms with Gasteiger partial charge in [0.05, 0.1) is 5.56 Å². The molecule has 88 valence electrons. The van der Waals surface area contributed by atoms with E-state index in [2.05, 4.69) is 5.32 Å². The molecule has 0 heterocycles. The fourth-order valence-corrected chi connectivity index (χ4v) is 1.42. The topological polar surface area (TPSA) is 29.1 Å². The molecule has 1 N–H and O–H groups in total. The quantitative estimate of drug-likeness (QED) is 0.618. The van der Waals surface area contributed by atoms with Gasteiger partial charge in [0.2, 0.25) is 0 Å². The Hall–Kier alpha value is -1.29. The molecule has 1 aromatic carbocycles. The van der Waals surface area contributed by atoms with E-state index in [9.17, 15) is 13.6 Å². The molecule has 0 unspecified atom stereocenters. The van der Waals surface area contributed by atoms with Crippen molar-refractivity contribution in [3.63, 3.8) is 0 Å². The summed E-state index contributed by atoms with van der Waals surface area (Å²) in [6, 6.07) is 2.45. The number of nitrogens with one attached hydrogen (secondary N) is 1. The summed E-state index contributed by atoms with van der Waals surface area (Å²) in [7, 11) is 0. The predicted molar refractivity (Wildman–Crippen MR) is 58.6 cm³/mol. The fourth-order valence-electron chi connectivity index (χ4n) is 1.42. The van der Waals surface area contributed by atoms with Gasteiger partial charge in [0.25, 0.3) is 0 Å². The van der Waals surface area contributed by atoms with Crippen LogP contribution in [0.1, 0.15) is 29.3 Å². The van der Waals surface area contributed by atoms with Gasteiger partial charge in [-0.25, -0.2) is 8.78 Å². The van der Waals surface area contributed by atoms with E-state index in [1.165, 1.54) is 13.0 Å². The summed E-state index contributed by atoms with van der Waals surface area (Å²) in [5.41, 5.74) is -0.133. The molecule has 0 aliphatic carbocycles. The molecule has 0 saturated heterocycles. The van der Waals surface area contributed by atoms with Crippen molar-refractivity contribution in [1.82, 2.24) is 5.32 Å². The van der Waals surface area contributed by atoms with Crippen molar-refractivity contribution in [2.45, 2.75) is 20.3 Å². The molecular weight excluding hydrogens is 212 g/mol. The SMILES string of the molecule is CCNCCC(=O)c1c(F)ccc(C)c1F. The van der Waals surface area contributed by atoms with Crippen LogP contribution in [-0.2, 0) is 0 Å². The van der Waals surface area contributed by atoms with E-state index in [4.69, 9.17) is 0 Å². The van der Waals surface area contributed by atoms with Crippen LogP contribution < -0.4 is 5.32 Å². The Morgan fingerprint density at radius 1 is 1.38 bits per heavy atom. The highest BCUT2D eigenvalue weighted by atomic mass is 19.1. The lowest BCUT2D eigenvalue weighted by atomic mass is 10.0. The molecular formula is C12H15F2NO. The van der Waals surface area contributed by atoms with Crippen LogP contribution in [0.15, 0.2) is 12.1 Å². The standard InChI is InChI=1S/C12H15F2NO/c1-3-15-7-6-10(16)11-9(13)5-4-8(2)12(11)14/h4-5,15H,3,6-7H2,1-2H3. The molecule has 0 aliphatic rings. The lowest BCUT2D eigenvalue weighted by Gasteiger charge is -2.06. The summed E-state index contributed by atoms with van der Waals surface area (Å²) in [5.74, 6) is -2.04. The van der Waals surface area contributed by atoms with Gasteiger partial charge in [0, 0.05) is 13.0 Å². The molecule has 0 amide bonds. The number of carbonyl (C=O) groups excluding carboxylic acids is 1. The largest absolute Gasteiger partial charge is 0.317 e. The lowest BCUT2D eigenvalue weighted by molar-refractivity contribution is 0.0974. The number of rotatable bonds is 5. The third kappa shape index (κ3) is 2.85. The van der Waals surface area contributed by atoms with Gasteiger partial charge in [-0.05, 0) is 25.1 Å². The van der Waals surface area contributed by atoms with Gasteiger partial charge in [0.1, 0.15) is 11.6 Å². The minimum atomic E-state index is -0.787. The molecule has 0 saturated carbocycles. The number of halogens is 2. The molecule has 1 rings (SSSR count). The Morgan fingerprint density at radius 2 is 2.06 bits per heavy atom. The fraction of sp³-hybridized carbons (Fsp3) is 0.417. The monoisotopic (exact) mass is 227 g/mol. The zero-order valence-corrected chi connectivity index (χ0v) is 9.44. The predicted octanol–water partition coefficient (Wildman–Crippen LogP) is 2.46. The number of ketones is 1. The number of Topliss-reactive ketones (excluding diaryl/α,β-unsaturated/α-hetero) is 1. The minimum Gasteiger partial charge on any atom is -0.317 e. The number of carbonyl (C=O) groups is 1. The molecule has 0 aliphatic heterocycles. The molecule has 0 bridgehead atoms. The van der Waals surface area contributed by atoms with Crippen LogP contribution in [0.2, 0.25) is 0 Å². The second-order valence-electron chi connectivity index (χ2n) is 3.58. The molecule has 0 radical (unpaired) electrons. The highest BCUT2D eigenvalue weighted by Crippen LogP contribution is 2.17. The van der Waals surface area contributed by atoms with Gasteiger partial charge < -0.3 is 5.32 Å². The van der Waals surface area contributed by atoms with Crippen molar-refractivity contribution >= 4 is 5.78 Å². The number of benzene rings is 1. The van der Waals surface area contributed by atoms with E-state index in [1.807, 2.05) is 6.92 Å². The second kappa shape index (κ2) is 5.70. The van der Waals surface area contributed by atoms with Gasteiger partial charge in [-0.1, -0.05) is 13.0 Å². The van der Waals surface area contributed by atoms with Crippen molar-refractivity contribution < 1.29 is 13.6 Å². The average molecular weight is 227 g/mol. The first kappa shape index (κ1) is 12.8. The first-order chi connectivity index (χ1) is 7.57. The number of aryl methyl sites for hydroxylation is 1. The third-order valence-electron chi connectivity index (χ3n) is 2.34. The van der Waals surface area contributed by atoms with Crippen LogP contribution in [0, 0.1) is 18.6 Å². The Kier molecular flexibility index (Phi) is 4.55. The Balaban J connectivity index is 2.86. The van der Waals surface area contributed by atoms with Crippen LogP contribution in [0.3, 0.4) is 0 Å². The zero-order valence-electron chi connectivity index (χ0n) is 9.44. The highest BCUT2D eigenvalue weighted by molar-refractivity contribution is 5.96. The van der Waals surface area contributed by atoms with Crippen molar-refractivity contribution in [2.75, 3.05) is 13.1 Å². The molecule has 0 atom stereocenters. The first-order valence-electron chi connectivity index (χ1n) is 5.26. The van der Waals surface area contributed by atoms with Crippen LogP contribution >= 0.6 is 0 Å². The average Bonchev–Trinajstić information content (AvgIpc) is 2.24. The van der Waals surface area contributed by atoms with Crippen LogP contribution in [-0.4, -0.2) is 18.9 Å². The summed E-state index contributed by atoms with van der Waals surface area (Å²) in [4.78, 5) is 11.6. The molecule has 1 aromatic rings. The van der Waals surface area contributed by atoms with E-state index in [1.54, 1.807) is 0 Å². The second-order valence-corrected chi connectivity index (χ2v) is 3.58. The Labute approximate surface area is 93.7 Å². The minimum absolute atomic E-state index is 0.102. The molecule has 0 spiro atoms. The Bertz CT molecular complexity index is 391. The van der Waals surface area contributed by atoms with E-state index >= 15 is 0 Å². The Morgan fingerprint density at radius 3 is 2.69 bits per heavy atom. The maximum absolute atomic E-state index is 13.5. The summed E-state index contributed by atoms with van der Waals surface area (Å²) < 4.78 is 26.8. The molecule has 0 fully saturated rings. The lowest BCUT2D eigenvalue weighted by Crippen LogP contribution is -2.19. The third-order valence-corrected chi connectivity index (χ3v) is 2.34. The molecule has 0 aromatic heterocycles. The van der Waals surface area contributed by atoms with Gasteiger partial charge in [-0.3, -0.25) is 4.79 Å². The maximum Gasteiger partial charge on any atom is 0.170 e. The molecule has 2 nitrogen and oxygen atoms in total. The maximum atomic E-state index is 13.5. The summed E-state index contributed by atoms with van der Waals surface area (Å²) in [6.07, 6.45) is 0.102. The van der Waals surface area contributed by atoms with Crippen LogP contribution in [0.4, 0.5) is 8.78 Å². The summed E-state index contributed by atoms with van der Waals surface area (Å²) in [5, 5.41) is 2.94. The van der Waals surface area contributed by atoms with Gasteiger partial charge >= 0.3 is 0 Å². The van der Waals surface area contributed by atoms with Gasteiger partial charge in [-0.2, -0.15) is 0 Å². The normalized spacial score (nSPS) is 10.5. The molecule has 4 heteroatoms. The van der Waals surface area contributed by atoms with E-state index in [0.717, 1.165) is 12.6 Å². The van der Waals surface area contributed by atoms with Gasteiger partial charge in [0.15, 0.2) is 5.78 Å². The zero-order chi connectivity index (χ0) is 12.1. The van der Waals surface area contributed by atoms with Crippen LogP contribution in [0.5, 0.6) is 0 Å². The van der Waals surface area contributed by atoms with Crippen molar-refractivity contribution in [3.8, 4) is 0 Å². The highest BCUT2D eigenvalue weighted by Gasteiger charge is 2.18. The first-order valence-corrected chi connectivity index (χ1v) is 5.26. The van der Waals surface area contributed by atoms with Crippen molar-refractivity contribution in [2.24, 2.45) is 0 Å². The van der Waals surface area contributed by atoms with E-state index < -0.39 is 23.0 Å². The van der Waals surface area contributed by atoms with E-state index in [0.29, 0.717) is 6.54 Å². The van der Waals surface area contributed by atoms with E-state index in [-0.39, 0.29) is 12.0 Å². The molecule has 16 heavy (non-hydrogen) atoms. The van der Waals surface area contributed by atoms with Crippen LogP contribution in [0.25, 0.3) is 0 Å². The van der Waals surface area contributed by atoms with Crippen molar-refractivity contribution in [3.05, 3.63) is 34.9 Å². The summed E-state index contributed by atoms with van der Waals surface area (Å²) in [6.45, 7) is 4.57. The smallest absolute Gasteiger partial charge is 0.170 e. The summed E-state index contributed by atoms with van der Waals surface area (Å²) >= 11 is 0.